The highest BCUT2D eigenvalue weighted by Crippen LogP contribution is 2.36. The Morgan fingerprint density at radius 2 is 2.07 bits per heavy atom. The van der Waals surface area contributed by atoms with Gasteiger partial charge in [-0.1, -0.05) is 0 Å². The summed E-state index contributed by atoms with van der Waals surface area (Å²) in [5.74, 6) is 0.645. The van der Waals surface area contributed by atoms with Crippen molar-refractivity contribution < 1.29 is 13.9 Å². The van der Waals surface area contributed by atoms with E-state index in [2.05, 4.69) is 5.32 Å². The fraction of sp³-hybridized carbons (Fsp3) is 0.565. The molecule has 30 heavy (non-hydrogen) atoms. The maximum absolute atomic E-state index is 12.8. The van der Waals surface area contributed by atoms with Crippen LogP contribution in [0.2, 0.25) is 0 Å². The van der Waals surface area contributed by atoms with Crippen LogP contribution in [0.15, 0.2) is 21.3 Å². The number of hydrogen-bond donors (Lipinski definition) is 1. The second-order valence-corrected chi connectivity index (χ2v) is 8.90. The van der Waals surface area contributed by atoms with Gasteiger partial charge in [0.25, 0.3) is 5.91 Å². The van der Waals surface area contributed by atoms with Gasteiger partial charge in [0.2, 0.25) is 0 Å². The van der Waals surface area contributed by atoms with Crippen LogP contribution in [0.4, 0.5) is 0 Å². The Kier molecular flexibility index (Phi) is 5.82. The van der Waals surface area contributed by atoms with Crippen LogP contribution in [-0.2, 0) is 17.6 Å². The molecule has 3 aliphatic rings. The van der Waals surface area contributed by atoms with Crippen LogP contribution in [-0.4, -0.2) is 43.6 Å². The third-order valence-corrected chi connectivity index (χ3v) is 7.04. The van der Waals surface area contributed by atoms with Crippen molar-refractivity contribution in [1.29, 1.82) is 0 Å². The molecule has 6 nitrogen and oxygen atoms in total. The predicted octanol–water partition coefficient (Wildman–Crippen LogP) is 2.99. The van der Waals surface area contributed by atoms with E-state index in [1.165, 1.54) is 6.42 Å². The van der Waals surface area contributed by atoms with Crippen molar-refractivity contribution in [3.05, 3.63) is 39.2 Å². The van der Waals surface area contributed by atoms with Gasteiger partial charge < -0.3 is 19.4 Å². The molecule has 1 unspecified atom stereocenters. The molecule has 1 N–H and O–H groups in total. The Bertz CT molecular complexity index is 1030. The smallest absolute Gasteiger partial charge is 0.339 e. The molecule has 7 heteroatoms. The maximum atomic E-state index is 12.8. The summed E-state index contributed by atoms with van der Waals surface area (Å²) in [6.07, 6.45) is 6.10. The fourth-order valence-corrected chi connectivity index (χ4v) is 5.42. The predicted molar refractivity (Wildman–Crippen MR) is 118 cm³/mol. The van der Waals surface area contributed by atoms with Crippen LogP contribution < -0.4 is 15.7 Å². The Balaban J connectivity index is 0.00000218. The number of nitrogens with one attached hydrogen (secondary N) is 1. The van der Waals surface area contributed by atoms with Crippen LogP contribution in [0.25, 0.3) is 11.0 Å². The van der Waals surface area contributed by atoms with E-state index in [1.54, 1.807) is 0 Å². The monoisotopic (exact) mass is 432 g/mol. The van der Waals surface area contributed by atoms with Crippen LogP contribution in [0.1, 0.15) is 42.4 Å². The molecule has 0 bridgehead atoms. The Morgan fingerprint density at radius 3 is 2.87 bits per heavy atom. The van der Waals surface area contributed by atoms with Crippen molar-refractivity contribution in [1.82, 2.24) is 10.2 Å². The maximum Gasteiger partial charge on any atom is 0.339 e. The fourth-order valence-electron chi connectivity index (χ4n) is 5.42. The number of carbonyl (C=O) groups is 1. The van der Waals surface area contributed by atoms with Gasteiger partial charge in [0.15, 0.2) is 6.61 Å². The van der Waals surface area contributed by atoms with Crippen molar-refractivity contribution in [3.63, 3.8) is 0 Å². The summed E-state index contributed by atoms with van der Waals surface area (Å²) < 4.78 is 11.5. The summed E-state index contributed by atoms with van der Waals surface area (Å²) in [5.41, 5.74) is 3.33. The average Bonchev–Trinajstić information content (AvgIpc) is 3.38. The zero-order valence-corrected chi connectivity index (χ0v) is 18.2. The van der Waals surface area contributed by atoms with Gasteiger partial charge in [0.1, 0.15) is 11.3 Å². The van der Waals surface area contributed by atoms with E-state index < -0.39 is 0 Å². The summed E-state index contributed by atoms with van der Waals surface area (Å²) in [5, 5.41) is 4.44. The first-order valence-electron chi connectivity index (χ1n) is 10.8. The molecule has 2 aromatic rings. The van der Waals surface area contributed by atoms with Gasteiger partial charge in [0, 0.05) is 41.6 Å². The molecule has 5 rings (SSSR count). The van der Waals surface area contributed by atoms with E-state index in [9.17, 15) is 9.59 Å². The standard InChI is InChI=1S/C23H28N2O4.ClH/c1-15-19(7-6-17-16-4-2-5-18(16)22(27)29-21(15)17)28-12-20(26)25-11-3-8-23(14-25)9-10-24-13-23;/h6-7,24H,2-5,8-14H2,1H3;1H. The number of likely N-dealkylation sites (tertiary alicyclic amines) is 1. The van der Waals surface area contributed by atoms with Crippen molar-refractivity contribution in [2.24, 2.45) is 5.41 Å². The Labute approximate surface area is 182 Å². The van der Waals surface area contributed by atoms with Crippen LogP contribution in [0.5, 0.6) is 5.75 Å². The number of aryl methyl sites for hydroxylation is 2. The number of hydrogen-bond acceptors (Lipinski definition) is 5. The molecule has 0 saturated carbocycles. The molecule has 3 heterocycles. The summed E-state index contributed by atoms with van der Waals surface area (Å²) in [7, 11) is 0. The lowest BCUT2D eigenvalue weighted by Gasteiger charge is -2.40. The summed E-state index contributed by atoms with van der Waals surface area (Å²) >= 11 is 0. The average molecular weight is 433 g/mol. The van der Waals surface area contributed by atoms with Gasteiger partial charge in [-0.25, -0.2) is 4.79 Å². The number of carbonyl (C=O) groups excluding carboxylic acids is 1. The van der Waals surface area contributed by atoms with Crippen molar-refractivity contribution in [2.75, 3.05) is 32.8 Å². The normalized spacial score (nSPS) is 22.9. The van der Waals surface area contributed by atoms with Crippen molar-refractivity contribution >= 4 is 29.3 Å². The van der Waals surface area contributed by atoms with Gasteiger partial charge in [-0.2, -0.15) is 0 Å². The number of nitrogens with zero attached hydrogens (tertiary/aromatic N) is 1. The van der Waals surface area contributed by atoms with E-state index in [1.807, 2.05) is 24.0 Å². The summed E-state index contributed by atoms with van der Waals surface area (Å²) in [6.45, 7) is 5.59. The van der Waals surface area contributed by atoms with Gasteiger partial charge in [-0.3, -0.25) is 4.79 Å². The first kappa shape index (κ1) is 21.2. The highest BCUT2D eigenvalue weighted by Gasteiger charge is 2.39. The van der Waals surface area contributed by atoms with Gasteiger partial charge >= 0.3 is 5.63 Å². The first-order chi connectivity index (χ1) is 14.1. The van der Waals surface area contributed by atoms with Crippen molar-refractivity contribution in [3.8, 4) is 5.75 Å². The molecule has 1 atom stereocenters. The van der Waals surface area contributed by atoms with Gasteiger partial charge in [0.05, 0.1) is 0 Å². The lowest BCUT2D eigenvalue weighted by Crippen LogP contribution is -2.48. The van der Waals surface area contributed by atoms with Crippen LogP contribution >= 0.6 is 12.4 Å². The third-order valence-electron chi connectivity index (χ3n) is 7.04. The highest BCUT2D eigenvalue weighted by molar-refractivity contribution is 5.86. The quantitative estimate of drug-likeness (QED) is 0.755. The van der Waals surface area contributed by atoms with E-state index >= 15 is 0 Å². The Hall–Kier alpha value is -2.05. The molecule has 2 saturated heterocycles. The molecule has 1 spiro atoms. The lowest BCUT2D eigenvalue weighted by atomic mass is 9.79. The summed E-state index contributed by atoms with van der Waals surface area (Å²) in [6, 6.07) is 3.87. The number of halogens is 1. The molecule has 162 valence electrons. The number of rotatable bonds is 3. The van der Waals surface area contributed by atoms with E-state index in [4.69, 9.17) is 9.15 Å². The molecule has 2 fully saturated rings. The number of amides is 1. The SMILES string of the molecule is Cc1c(OCC(=O)N2CCCC3(CCNC3)C2)ccc2c3c(c(=O)oc12)CCC3.Cl. The second kappa shape index (κ2) is 8.23. The zero-order valence-electron chi connectivity index (χ0n) is 17.4. The van der Waals surface area contributed by atoms with Crippen LogP contribution in [0, 0.1) is 12.3 Å². The second-order valence-electron chi connectivity index (χ2n) is 8.90. The van der Waals surface area contributed by atoms with Crippen LogP contribution in [0.3, 0.4) is 0 Å². The largest absolute Gasteiger partial charge is 0.483 e. The molecule has 1 aromatic heterocycles. The topological polar surface area (TPSA) is 71.8 Å². The number of piperidine rings is 1. The first-order valence-corrected chi connectivity index (χ1v) is 10.8. The minimum absolute atomic E-state index is 0. The van der Waals surface area contributed by atoms with E-state index in [0.29, 0.717) is 11.3 Å². The Morgan fingerprint density at radius 1 is 1.23 bits per heavy atom. The molecule has 1 aliphatic carbocycles. The van der Waals surface area contributed by atoms with E-state index in [-0.39, 0.29) is 36.0 Å². The van der Waals surface area contributed by atoms with Gasteiger partial charge in [-0.15, -0.1) is 12.4 Å². The number of benzene rings is 1. The van der Waals surface area contributed by atoms with Crippen molar-refractivity contribution in [2.45, 2.75) is 45.4 Å². The molecular formula is C23H29ClN2O4. The minimum atomic E-state index is -0.231. The summed E-state index contributed by atoms with van der Waals surface area (Å²) in [4.78, 5) is 27.1. The zero-order chi connectivity index (χ0) is 20.0. The molecule has 2 aliphatic heterocycles. The third kappa shape index (κ3) is 3.60. The van der Waals surface area contributed by atoms with Gasteiger partial charge in [-0.05, 0) is 69.7 Å². The molecule has 1 amide bonds. The number of fused-ring (bicyclic) bond motifs is 3. The highest BCUT2D eigenvalue weighted by atomic mass is 35.5. The minimum Gasteiger partial charge on any atom is -0.483 e. The lowest BCUT2D eigenvalue weighted by molar-refractivity contribution is -0.136. The molecule has 0 radical (unpaired) electrons. The number of ether oxygens (including phenoxy) is 1. The van der Waals surface area contributed by atoms with E-state index in [0.717, 1.165) is 80.4 Å². The molecule has 1 aromatic carbocycles. The molecular weight excluding hydrogens is 404 g/mol.